The number of hydrogen-bond donors (Lipinski definition) is 0. The van der Waals surface area contributed by atoms with Gasteiger partial charge in [-0.25, -0.2) is 0 Å². The molecule has 0 aromatic rings. The molecule has 0 bridgehead atoms. The number of unbranched alkanes of at least 4 members (excludes halogenated alkanes) is 3. The van der Waals surface area contributed by atoms with Crippen LogP contribution in [0.3, 0.4) is 0 Å². The molecule has 1 atom stereocenters. The van der Waals surface area contributed by atoms with Crippen LogP contribution in [0.15, 0.2) is 0 Å². The van der Waals surface area contributed by atoms with Gasteiger partial charge in [0.05, 0.1) is 6.04 Å². The topological polar surface area (TPSA) is 3.24 Å². The molecule has 1 nitrogen and oxygen atoms in total. The molecule has 2 fully saturated rings. The van der Waals surface area contributed by atoms with E-state index in [2.05, 4.69) is 23.7 Å². The van der Waals surface area contributed by atoms with Gasteiger partial charge in [0, 0.05) is 6.42 Å². The van der Waals surface area contributed by atoms with Gasteiger partial charge in [-0.2, -0.15) is 0 Å². The van der Waals surface area contributed by atoms with Crippen molar-refractivity contribution in [1.29, 1.82) is 0 Å². The Morgan fingerprint density at radius 3 is 2.42 bits per heavy atom. The van der Waals surface area contributed by atoms with Crippen LogP contribution < -0.4 is 0 Å². The Hall–Kier alpha value is -0.480. The smallest absolute Gasteiger partial charge is 0.0743 e. The maximum Gasteiger partial charge on any atom is 0.0743 e. The normalized spacial score (nSPS) is 23.0. The molecule has 108 valence electrons. The van der Waals surface area contributed by atoms with E-state index in [-0.39, 0.29) is 0 Å². The standard InChI is InChI=1S/C18H31N/c1-2-3-4-5-9-14-18(19-15-10-11-16-19)17-12-7-6-8-13-17/h17-18H,2-8,10-13,15-16H2,1H3. The lowest BCUT2D eigenvalue weighted by Gasteiger charge is -2.33. The molecule has 0 aromatic heterocycles. The van der Waals surface area contributed by atoms with Crippen molar-refractivity contribution in [3.63, 3.8) is 0 Å². The average Bonchev–Trinajstić information content (AvgIpc) is 2.98. The molecule has 19 heavy (non-hydrogen) atoms. The second-order valence-corrected chi connectivity index (χ2v) is 6.36. The predicted octanol–water partition coefficient (Wildman–Crippen LogP) is 4.61. The highest BCUT2D eigenvalue weighted by molar-refractivity contribution is 5.11. The molecule has 1 aliphatic carbocycles. The molecule has 0 spiro atoms. The Kier molecular flexibility index (Phi) is 6.79. The van der Waals surface area contributed by atoms with Crippen molar-refractivity contribution in [1.82, 2.24) is 4.90 Å². The summed E-state index contributed by atoms with van der Waals surface area (Å²) in [6.45, 7) is 4.86. The number of likely N-dealkylation sites (tertiary alicyclic amines) is 1. The van der Waals surface area contributed by atoms with Gasteiger partial charge in [-0.1, -0.05) is 44.9 Å². The lowest BCUT2D eigenvalue weighted by atomic mass is 9.83. The van der Waals surface area contributed by atoms with Crippen LogP contribution in [-0.4, -0.2) is 24.0 Å². The third kappa shape index (κ3) is 4.84. The van der Waals surface area contributed by atoms with Gasteiger partial charge in [-0.15, -0.1) is 5.92 Å². The van der Waals surface area contributed by atoms with Crippen molar-refractivity contribution in [2.24, 2.45) is 5.92 Å². The van der Waals surface area contributed by atoms with E-state index in [0.29, 0.717) is 6.04 Å². The zero-order valence-corrected chi connectivity index (χ0v) is 12.8. The van der Waals surface area contributed by atoms with Crippen molar-refractivity contribution < 1.29 is 0 Å². The first kappa shape index (κ1) is 14.9. The van der Waals surface area contributed by atoms with Crippen molar-refractivity contribution in [3.05, 3.63) is 0 Å². The zero-order valence-electron chi connectivity index (χ0n) is 12.8. The summed E-state index contributed by atoms with van der Waals surface area (Å²) in [5, 5.41) is 0. The Balaban J connectivity index is 1.88. The van der Waals surface area contributed by atoms with Crippen LogP contribution in [0, 0.1) is 17.8 Å². The lowest BCUT2D eigenvalue weighted by Crippen LogP contribution is -2.38. The first-order chi connectivity index (χ1) is 9.42. The molecule has 1 heteroatoms. The number of hydrogen-bond acceptors (Lipinski definition) is 1. The summed E-state index contributed by atoms with van der Waals surface area (Å²) in [5.41, 5.74) is 0. The van der Waals surface area contributed by atoms with E-state index < -0.39 is 0 Å². The van der Waals surface area contributed by atoms with Crippen LogP contribution >= 0.6 is 0 Å². The quantitative estimate of drug-likeness (QED) is 0.516. The van der Waals surface area contributed by atoms with E-state index in [1.54, 1.807) is 0 Å². The van der Waals surface area contributed by atoms with Gasteiger partial charge in [0.15, 0.2) is 0 Å². The van der Waals surface area contributed by atoms with Gasteiger partial charge < -0.3 is 0 Å². The van der Waals surface area contributed by atoms with Gasteiger partial charge in [0.2, 0.25) is 0 Å². The highest BCUT2D eigenvalue weighted by Gasteiger charge is 2.28. The fraction of sp³-hybridized carbons (Fsp3) is 0.889. The molecule has 1 unspecified atom stereocenters. The van der Waals surface area contributed by atoms with Gasteiger partial charge in [0.1, 0.15) is 0 Å². The van der Waals surface area contributed by atoms with Crippen LogP contribution in [0.2, 0.25) is 0 Å². The minimum atomic E-state index is 0.587. The van der Waals surface area contributed by atoms with E-state index in [4.69, 9.17) is 0 Å². The second-order valence-electron chi connectivity index (χ2n) is 6.36. The maximum atomic E-state index is 3.67. The molecule has 0 aromatic carbocycles. The summed E-state index contributed by atoms with van der Waals surface area (Å²) in [6.07, 6.45) is 15.0. The molecular weight excluding hydrogens is 230 g/mol. The van der Waals surface area contributed by atoms with E-state index in [1.807, 2.05) is 0 Å². The van der Waals surface area contributed by atoms with Gasteiger partial charge in [-0.05, 0) is 51.1 Å². The van der Waals surface area contributed by atoms with Gasteiger partial charge in [-0.3, -0.25) is 4.90 Å². The van der Waals surface area contributed by atoms with Crippen LogP contribution in [0.1, 0.15) is 77.6 Å². The summed E-state index contributed by atoms with van der Waals surface area (Å²) in [7, 11) is 0. The van der Waals surface area contributed by atoms with Crippen molar-refractivity contribution in [2.45, 2.75) is 83.6 Å². The first-order valence-electron chi connectivity index (χ1n) is 8.64. The fourth-order valence-electron chi connectivity index (χ4n) is 3.62. The van der Waals surface area contributed by atoms with Crippen LogP contribution in [-0.2, 0) is 0 Å². The van der Waals surface area contributed by atoms with Crippen molar-refractivity contribution in [2.75, 3.05) is 13.1 Å². The molecule has 2 rings (SSSR count). The molecular formula is C18H31N. The Morgan fingerprint density at radius 1 is 1.00 bits per heavy atom. The largest absolute Gasteiger partial charge is 0.290 e. The summed E-state index contributed by atoms with van der Waals surface area (Å²) < 4.78 is 0. The molecule has 1 aliphatic heterocycles. The molecule has 2 aliphatic rings. The van der Waals surface area contributed by atoms with Crippen LogP contribution in [0.25, 0.3) is 0 Å². The summed E-state index contributed by atoms with van der Waals surface area (Å²) in [4.78, 5) is 2.68. The van der Waals surface area contributed by atoms with E-state index in [0.717, 1.165) is 12.3 Å². The van der Waals surface area contributed by atoms with Crippen molar-refractivity contribution in [3.8, 4) is 11.8 Å². The van der Waals surface area contributed by atoms with Gasteiger partial charge in [0.25, 0.3) is 0 Å². The molecule has 1 heterocycles. The molecule has 0 N–H and O–H groups in total. The van der Waals surface area contributed by atoms with Crippen LogP contribution in [0.5, 0.6) is 0 Å². The van der Waals surface area contributed by atoms with Crippen LogP contribution in [0.4, 0.5) is 0 Å². The molecule has 0 amide bonds. The van der Waals surface area contributed by atoms with E-state index >= 15 is 0 Å². The molecule has 0 radical (unpaired) electrons. The highest BCUT2D eigenvalue weighted by atomic mass is 15.2. The van der Waals surface area contributed by atoms with Crippen molar-refractivity contribution >= 4 is 0 Å². The molecule has 1 saturated heterocycles. The third-order valence-electron chi connectivity index (χ3n) is 4.79. The highest BCUT2D eigenvalue weighted by Crippen LogP contribution is 2.30. The average molecular weight is 261 g/mol. The monoisotopic (exact) mass is 261 g/mol. The third-order valence-corrected chi connectivity index (χ3v) is 4.79. The first-order valence-corrected chi connectivity index (χ1v) is 8.64. The number of rotatable bonds is 5. The predicted molar refractivity (Wildman–Crippen MR) is 83.1 cm³/mol. The minimum absolute atomic E-state index is 0.587. The maximum absolute atomic E-state index is 3.67. The SMILES string of the molecule is CCCCCC#CC(C1CCCCC1)N1CCCC1. The Morgan fingerprint density at radius 2 is 1.74 bits per heavy atom. The van der Waals surface area contributed by atoms with E-state index in [1.165, 1.54) is 77.3 Å². The summed E-state index contributed by atoms with van der Waals surface area (Å²) in [6, 6.07) is 0.587. The Labute approximate surface area is 120 Å². The molecule has 1 saturated carbocycles. The Bertz CT molecular complexity index is 287. The summed E-state index contributed by atoms with van der Waals surface area (Å²) in [5.74, 6) is 8.04. The van der Waals surface area contributed by atoms with E-state index in [9.17, 15) is 0 Å². The van der Waals surface area contributed by atoms with Gasteiger partial charge >= 0.3 is 0 Å². The summed E-state index contributed by atoms with van der Waals surface area (Å²) >= 11 is 0. The fourth-order valence-corrected chi connectivity index (χ4v) is 3.62. The second kappa shape index (κ2) is 8.64. The number of nitrogens with zero attached hydrogens (tertiary/aromatic N) is 1. The zero-order chi connectivity index (χ0) is 13.3. The lowest BCUT2D eigenvalue weighted by molar-refractivity contribution is 0.185. The minimum Gasteiger partial charge on any atom is -0.290 e.